The number of hydrogen-bond donors (Lipinski definition) is 3. The lowest BCUT2D eigenvalue weighted by atomic mass is 10.1. The van der Waals surface area contributed by atoms with Gasteiger partial charge in [-0.2, -0.15) is 0 Å². The second-order valence-electron chi connectivity index (χ2n) is 4.54. The zero-order chi connectivity index (χ0) is 15.1. The molecule has 0 aliphatic rings. The summed E-state index contributed by atoms with van der Waals surface area (Å²) >= 11 is 1.48. The summed E-state index contributed by atoms with van der Waals surface area (Å²) in [5.41, 5.74) is 6.19. The lowest BCUT2D eigenvalue weighted by Crippen LogP contribution is -2.36. The number of benzene rings is 1. The predicted molar refractivity (Wildman–Crippen MR) is 82.7 cm³/mol. The Morgan fingerprint density at radius 1 is 1.14 bits per heavy atom. The summed E-state index contributed by atoms with van der Waals surface area (Å²) in [5, 5.41) is 7.33. The minimum absolute atomic E-state index is 0.133. The van der Waals surface area contributed by atoms with E-state index in [-0.39, 0.29) is 12.3 Å². The summed E-state index contributed by atoms with van der Waals surface area (Å²) in [6.45, 7) is 0.466. The Bertz CT molecular complexity index is 584. The molecule has 0 unspecified atom stereocenters. The highest BCUT2D eigenvalue weighted by Crippen LogP contribution is 2.21. The third-order valence-corrected chi connectivity index (χ3v) is 3.91. The van der Waals surface area contributed by atoms with E-state index in [4.69, 9.17) is 5.73 Å². The molecule has 4 N–H and O–H groups in total. The van der Waals surface area contributed by atoms with Gasteiger partial charge in [0.15, 0.2) is 0 Å². The number of amides is 3. The molecule has 1 aromatic carbocycles. The minimum atomic E-state index is -0.635. The monoisotopic (exact) mass is 303 g/mol. The highest BCUT2D eigenvalue weighted by Gasteiger charge is 2.18. The molecular formula is C15H17N3O2S. The van der Waals surface area contributed by atoms with E-state index in [2.05, 4.69) is 10.6 Å². The van der Waals surface area contributed by atoms with Crippen LogP contribution in [0.3, 0.4) is 0 Å². The van der Waals surface area contributed by atoms with Crippen LogP contribution in [0.5, 0.6) is 0 Å². The third-order valence-electron chi connectivity index (χ3n) is 2.93. The number of primary amides is 1. The Balaban J connectivity index is 1.90. The zero-order valence-corrected chi connectivity index (χ0v) is 12.2. The first-order chi connectivity index (χ1) is 10.1. The quantitative estimate of drug-likeness (QED) is 0.764. The second kappa shape index (κ2) is 7.44. The summed E-state index contributed by atoms with van der Waals surface area (Å²) in [7, 11) is 0. The number of rotatable bonds is 6. The van der Waals surface area contributed by atoms with Crippen molar-refractivity contribution in [2.75, 3.05) is 0 Å². The zero-order valence-electron chi connectivity index (χ0n) is 11.4. The van der Waals surface area contributed by atoms with Crippen molar-refractivity contribution in [3.8, 4) is 0 Å². The van der Waals surface area contributed by atoms with Crippen molar-refractivity contribution in [3.05, 3.63) is 58.3 Å². The van der Waals surface area contributed by atoms with Gasteiger partial charge in [-0.15, -0.1) is 11.3 Å². The number of nitrogens with two attached hydrogens (primary N) is 1. The van der Waals surface area contributed by atoms with E-state index >= 15 is 0 Å². The standard InChI is InChI=1S/C15H17N3O2S/c16-15(20)18-12(13-7-4-8-21-13)9-14(19)17-10-11-5-2-1-3-6-11/h1-8,12H,9-10H2,(H,17,19)(H3,16,18,20)/t12-/m0/s1. The summed E-state index contributed by atoms with van der Waals surface area (Å²) in [5.74, 6) is -0.133. The lowest BCUT2D eigenvalue weighted by molar-refractivity contribution is -0.121. The van der Waals surface area contributed by atoms with E-state index in [1.165, 1.54) is 11.3 Å². The van der Waals surface area contributed by atoms with Crippen molar-refractivity contribution < 1.29 is 9.59 Å². The van der Waals surface area contributed by atoms with Crippen molar-refractivity contribution in [1.82, 2.24) is 10.6 Å². The van der Waals surface area contributed by atoms with Crippen LogP contribution in [0, 0.1) is 0 Å². The van der Waals surface area contributed by atoms with Crippen LogP contribution in [0.1, 0.15) is 22.9 Å². The number of urea groups is 1. The topological polar surface area (TPSA) is 84.2 Å². The normalized spacial score (nSPS) is 11.6. The molecule has 0 bridgehead atoms. The number of thiophene rings is 1. The second-order valence-corrected chi connectivity index (χ2v) is 5.52. The number of hydrogen-bond acceptors (Lipinski definition) is 3. The van der Waals surface area contributed by atoms with Crippen LogP contribution >= 0.6 is 11.3 Å². The summed E-state index contributed by atoms with van der Waals surface area (Å²) in [6, 6.07) is 12.4. The Morgan fingerprint density at radius 2 is 1.90 bits per heavy atom. The molecule has 0 aliphatic heterocycles. The number of carbonyl (C=O) groups excluding carboxylic acids is 2. The minimum Gasteiger partial charge on any atom is -0.352 e. The van der Waals surface area contributed by atoms with E-state index < -0.39 is 12.1 Å². The van der Waals surface area contributed by atoms with Gasteiger partial charge in [0.05, 0.1) is 12.5 Å². The van der Waals surface area contributed by atoms with Gasteiger partial charge in [0, 0.05) is 11.4 Å². The van der Waals surface area contributed by atoms with Crippen LogP contribution in [0.25, 0.3) is 0 Å². The first-order valence-corrected chi connectivity index (χ1v) is 7.43. The smallest absolute Gasteiger partial charge is 0.312 e. The molecule has 3 amide bonds. The van der Waals surface area contributed by atoms with E-state index in [1.54, 1.807) is 0 Å². The van der Waals surface area contributed by atoms with Gasteiger partial charge in [-0.1, -0.05) is 36.4 Å². The average Bonchev–Trinajstić information content (AvgIpc) is 2.99. The number of nitrogens with one attached hydrogen (secondary N) is 2. The molecule has 1 aromatic heterocycles. The Hall–Kier alpha value is -2.34. The molecule has 21 heavy (non-hydrogen) atoms. The molecule has 5 nitrogen and oxygen atoms in total. The van der Waals surface area contributed by atoms with Crippen LogP contribution < -0.4 is 16.4 Å². The van der Waals surface area contributed by atoms with Crippen LogP contribution in [-0.2, 0) is 11.3 Å². The molecule has 0 saturated heterocycles. The molecule has 1 atom stereocenters. The lowest BCUT2D eigenvalue weighted by Gasteiger charge is -2.15. The van der Waals surface area contributed by atoms with Crippen LogP contribution in [0.2, 0.25) is 0 Å². The fourth-order valence-electron chi connectivity index (χ4n) is 1.94. The Labute approximate surface area is 127 Å². The Kier molecular flexibility index (Phi) is 5.34. The van der Waals surface area contributed by atoms with Crippen LogP contribution in [0.4, 0.5) is 4.79 Å². The van der Waals surface area contributed by atoms with Crippen molar-refractivity contribution in [2.45, 2.75) is 19.0 Å². The molecule has 0 spiro atoms. The molecule has 0 fully saturated rings. The van der Waals surface area contributed by atoms with Gasteiger partial charge in [-0.05, 0) is 17.0 Å². The molecule has 0 radical (unpaired) electrons. The van der Waals surface area contributed by atoms with Crippen molar-refractivity contribution in [1.29, 1.82) is 0 Å². The first kappa shape index (κ1) is 15.1. The van der Waals surface area contributed by atoms with E-state index in [1.807, 2.05) is 47.8 Å². The van der Waals surface area contributed by atoms with Gasteiger partial charge in [0.2, 0.25) is 5.91 Å². The molecule has 2 rings (SSSR count). The molecular weight excluding hydrogens is 286 g/mol. The average molecular weight is 303 g/mol. The molecule has 6 heteroatoms. The van der Waals surface area contributed by atoms with Gasteiger partial charge in [0.1, 0.15) is 0 Å². The summed E-state index contributed by atoms with van der Waals surface area (Å²) in [6.07, 6.45) is 0.163. The fraction of sp³-hybridized carbons (Fsp3) is 0.200. The maximum Gasteiger partial charge on any atom is 0.312 e. The maximum absolute atomic E-state index is 12.0. The van der Waals surface area contributed by atoms with Crippen molar-refractivity contribution >= 4 is 23.3 Å². The van der Waals surface area contributed by atoms with Crippen LogP contribution in [-0.4, -0.2) is 11.9 Å². The number of carbonyl (C=O) groups is 2. The largest absolute Gasteiger partial charge is 0.352 e. The highest BCUT2D eigenvalue weighted by atomic mass is 32.1. The first-order valence-electron chi connectivity index (χ1n) is 6.55. The highest BCUT2D eigenvalue weighted by molar-refractivity contribution is 7.10. The molecule has 0 aliphatic carbocycles. The van der Waals surface area contributed by atoms with Gasteiger partial charge >= 0.3 is 6.03 Å². The fourth-order valence-corrected chi connectivity index (χ4v) is 2.72. The molecule has 2 aromatic rings. The van der Waals surface area contributed by atoms with Crippen molar-refractivity contribution in [2.24, 2.45) is 5.73 Å². The van der Waals surface area contributed by atoms with E-state index in [0.717, 1.165) is 10.4 Å². The van der Waals surface area contributed by atoms with Gasteiger partial charge in [-0.3, -0.25) is 4.79 Å². The summed E-state index contributed by atoms with van der Waals surface area (Å²) < 4.78 is 0. The maximum atomic E-state index is 12.0. The van der Waals surface area contributed by atoms with E-state index in [0.29, 0.717) is 6.54 Å². The van der Waals surface area contributed by atoms with Gasteiger partial charge in [0.25, 0.3) is 0 Å². The molecule has 1 heterocycles. The van der Waals surface area contributed by atoms with Crippen LogP contribution in [0.15, 0.2) is 47.8 Å². The Morgan fingerprint density at radius 3 is 2.52 bits per heavy atom. The van der Waals surface area contributed by atoms with Gasteiger partial charge < -0.3 is 16.4 Å². The molecule has 110 valence electrons. The van der Waals surface area contributed by atoms with Crippen molar-refractivity contribution in [3.63, 3.8) is 0 Å². The third kappa shape index (κ3) is 4.92. The molecule has 0 saturated carbocycles. The van der Waals surface area contributed by atoms with Gasteiger partial charge in [-0.25, -0.2) is 4.79 Å². The summed E-state index contributed by atoms with van der Waals surface area (Å²) in [4.78, 5) is 24.0. The SMILES string of the molecule is NC(=O)N[C@@H](CC(=O)NCc1ccccc1)c1cccs1. The predicted octanol–water partition coefficient (Wildman–Crippen LogP) is 2.16. The van der Waals surface area contributed by atoms with E-state index in [9.17, 15) is 9.59 Å².